The summed E-state index contributed by atoms with van der Waals surface area (Å²) < 4.78 is 10.9. The molecule has 0 N–H and O–H groups in total. The number of hydrogen-bond acceptors (Lipinski definition) is 4. The smallest absolute Gasteiger partial charge is 0.193 e. The molecule has 1 saturated heterocycles. The SMILES string of the molecule is Clc1cc(OCC2CCCO2)c(Cl)nn1. The van der Waals surface area contributed by atoms with Crippen molar-refractivity contribution in [2.24, 2.45) is 0 Å². The lowest BCUT2D eigenvalue weighted by atomic mass is 10.2. The first-order valence-electron chi connectivity index (χ1n) is 4.69. The Kier molecular flexibility index (Phi) is 3.61. The molecular formula is C9H10Cl2N2O2. The molecule has 0 aromatic carbocycles. The molecule has 2 heterocycles. The monoisotopic (exact) mass is 248 g/mol. The van der Waals surface area contributed by atoms with Gasteiger partial charge < -0.3 is 9.47 Å². The summed E-state index contributed by atoms with van der Waals surface area (Å²) in [7, 11) is 0. The van der Waals surface area contributed by atoms with Crippen LogP contribution in [0.1, 0.15) is 12.8 Å². The largest absolute Gasteiger partial charge is 0.487 e. The quantitative estimate of drug-likeness (QED) is 0.824. The van der Waals surface area contributed by atoms with Gasteiger partial charge in [0, 0.05) is 12.7 Å². The van der Waals surface area contributed by atoms with Gasteiger partial charge in [0.1, 0.15) is 6.61 Å². The average molecular weight is 249 g/mol. The topological polar surface area (TPSA) is 44.2 Å². The fourth-order valence-corrected chi connectivity index (χ4v) is 1.68. The number of nitrogens with zero attached hydrogens (tertiary/aromatic N) is 2. The second-order valence-corrected chi connectivity index (χ2v) is 4.01. The molecule has 6 heteroatoms. The van der Waals surface area contributed by atoms with Gasteiger partial charge in [0.2, 0.25) is 0 Å². The Hall–Kier alpha value is -0.580. The molecule has 0 aliphatic carbocycles. The summed E-state index contributed by atoms with van der Waals surface area (Å²) in [6.07, 6.45) is 2.24. The van der Waals surface area contributed by atoms with E-state index in [-0.39, 0.29) is 16.4 Å². The summed E-state index contributed by atoms with van der Waals surface area (Å²) in [6, 6.07) is 1.55. The predicted octanol–water partition coefficient (Wildman–Crippen LogP) is 2.34. The first-order chi connectivity index (χ1) is 7.25. The summed E-state index contributed by atoms with van der Waals surface area (Å²) in [5.41, 5.74) is 0. The second kappa shape index (κ2) is 4.96. The molecule has 82 valence electrons. The highest BCUT2D eigenvalue weighted by atomic mass is 35.5. The zero-order chi connectivity index (χ0) is 10.7. The summed E-state index contributed by atoms with van der Waals surface area (Å²) in [6.45, 7) is 1.28. The van der Waals surface area contributed by atoms with Crippen LogP contribution in [0.2, 0.25) is 10.3 Å². The maximum absolute atomic E-state index is 5.78. The van der Waals surface area contributed by atoms with Crippen molar-refractivity contribution in [3.8, 4) is 5.75 Å². The highest BCUT2D eigenvalue weighted by Crippen LogP contribution is 2.24. The van der Waals surface area contributed by atoms with Gasteiger partial charge in [-0.3, -0.25) is 0 Å². The summed E-state index contributed by atoms with van der Waals surface area (Å²) in [5.74, 6) is 0.451. The standard InChI is InChI=1S/C9H10Cl2N2O2/c10-8-4-7(9(11)13-12-8)15-5-6-2-1-3-14-6/h4,6H,1-3,5H2. The van der Waals surface area contributed by atoms with Gasteiger partial charge in [-0.15, -0.1) is 10.2 Å². The normalized spacial score (nSPS) is 20.5. The molecule has 1 unspecified atom stereocenters. The summed E-state index contributed by atoms with van der Waals surface area (Å²) in [5, 5.41) is 7.72. The number of aromatic nitrogens is 2. The maximum atomic E-state index is 5.78. The van der Waals surface area contributed by atoms with Crippen LogP contribution in [0.15, 0.2) is 6.07 Å². The van der Waals surface area contributed by atoms with Gasteiger partial charge in [-0.25, -0.2) is 0 Å². The number of rotatable bonds is 3. The van der Waals surface area contributed by atoms with E-state index in [4.69, 9.17) is 32.7 Å². The second-order valence-electron chi connectivity index (χ2n) is 3.27. The van der Waals surface area contributed by atoms with Gasteiger partial charge in [0.05, 0.1) is 6.10 Å². The third-order valence-corrected chi connectivity index (χ3v) is 2.58. The van der Waals surface area contributed by atoms with E-state index in [9.17, 15) is 0 Å². The zero-order valence-electron chi connectivity index (χ0n) is 7.95. The van der Waals surface area contributed by atoms with Crippen molar-refractivity contribution in [1.29, 1.82) is 0 Å². The van der Waals surface area contributed by atoms with Gasteiger partial charge in [0.15, 0.2) is 16.1 Å². The van der Waals surface area contributed by atoms with Crippen molar-refractivity contribution in [3.63, 3.8) is 0 Å². The van der Waals surface area contributed by atoms with Gasteiger partial charge >= 0.3 is 0 Å². The Bertz CT molecular complexity index is 343. The van der Waals surface area contributed by atoms with Crippen LogP contribution in [0.3, 0.4) is 0 Å². The Morgan fingerprint density at radius 2 is 2.33 bits per heavy atom. The Morgan fingerprint density at radius 3 is 3.07 bits per heavy atom. The summed E-state index contributed by atoms with van der Waals surface area (Å²) in [4.78, 5) is 0. The fraction of sp³-hybridized carbons (Fsp3) is 0.556. The molecule has 0 radical (unpaired) electrons. The highest BCUT2D eigenvalue weighted by molar-refractivity contribution is 6.32. The van der Waals surface area contributed by atoms with Crippen LogP contribution in [0.5, 0.6) is 5.75 Å². The molecule has 0 spiro atoms. The minimum absolute atomic E-state index is 0.146. The molecule has 0 saturated carbocycles. The molecule has 1 aliphatic heterocycles. The molecule has 1 fully saturated rings. The van der Waals surface area contributed by atoms with E-state index in [1.165, 1.54) is 0 Å². The van der Waals surface area contributed by atoms with Gasteiger partial charge in [0.25, 0.3) is 0 Å². The van der Waals surface area contributed by atoms with Crippen molar-refractivity contribution in [2.75, 3.05) is 13.2 Å². The molecule has 15 heavy (non-hydrogen) atoms. The Labute approximate surface area is 97.5 Å². The van der Waals surface area contributed by atoms with E-state index in [1.807, 2.05) is 0 Å². The fourth-order valence-electron chi connectivity index (χ4n) is 1.40. The lowest BCUT2D eigenvalue weighted by Crippen LogP contribution is -2.16. The van der Waals surface area contributed by atoms with Crippen LogP contribution >= 0.6 is 23.2 Å². The first kappa shape index (κ1) is 10.9. The molecule has 1 aliphatic rings. The maximum Gasteiger partial charge on any atom is 0.193 e. The van der Waals surface area contributed by atoms with Crippen molar-refractivity contribution >= 4 is 23.2 Å². The van der Waals surface area contributed by atoms with E-state index >= 15 is 0 Å². The molecular weight excluding hydrogens is 239 g/mol. The van der Waals surface area contributed by atoms with Crippen molar-refractivity contribution in [2.45, 2.75) is 18.9 Å². The van der Waals surface area contributed by atoms with Crippen LogP contribution in [-0.2, 0) is 4.74 Å². The third-order valence-electron chi connectivity index (χ3n) is 2.14. The molecule has 4 nitrogen and oxygen atoms in total. The molecule has 0 bridgehead atoms. The Morgan fingerprint density at radius 1 is 1.47 bits per heavy atom. The van der Waals surface area contributed by atoms with Crippen LogP contribution in [-0.4, -0.2) is 29.5 Å². The first-order valence-corrected chi connectivity index (χ1v) is 5.44. The zero-order valence-corrected chi connectivity index (χ0v) is 9.46. The van der Waals surface area contributed by atoms with E-state index in [2.05, 4.69) is 10.2 Å². The highest BCUT2D eigenvalue weighted by Gasteiger charge is 2.17. The molecule has 0 amide bonds. The number of halogens is 2. The lowest BCUT2D eigenvalue weighted by molar-refractivity contribution is 0.0678. The van der Waals surface area contributed by atoms with Crippen molar-refractivity contribution in [1.82, 2.24) is 10.2 Å². The van der Waals surface area contributed by atoms with Crippen LogP contribution in [0.25, 0.3) is 0 Å². The van der Waals surface area contributed by atoms with Gasteiger partial charge in [-0.2, -0.15) is 0 Å². The molecule has 2 rings (SSSR count). The van der Waals surface area contributed by atoms with Gasteiger partial charge in [-0.1, -0.05) is 23.2 Å². The predicted molar refractivity (Wildman–Crippen MR) is 56.5 cm³/mol. The van der Waals surface area contributed by atoms with E-state index < -0.39 is 0 Å². The number of ether oxygens (including phenoxy) is 2. The van der Waals surface area contributed by atoms with Gasteiger partial charge in [-0.05, 0) is 12.8 Å². The minimum atomic E-state index is 0.146. The van der Waals surface area contributed by atoms with Crippen LogP contribution in [0, 0.1) is 0 Å². The van der Waals surface area contributed by atoms with E-state index in [0.29, 0.717) is 12.4 Å². The van der Waals surface area contributed by atoms with Crippen LogP contribution < -0.4 is 4.74 Å². The van der Waals surface area contributed by atoms with Crippen LogP contribution in [0.4, 0.5) is 0 Å². The molecule has 1 aromatic heterocycles. The Balaban J connectivity index is 1.94. The van der Waals surface area contributed by atoms with Crippen molar-refractivity contribution < 1.29 is 9.47 Å². The number of hydrogen-bond donors (Lipinski definition) is 0. The lowest BCUT2D eigenvalue weighted by Gasteiger charge is -2.11. The third kappa shape index (κ3) is 2.93. The van der Waals surface area contributed by atoms with E-state index in [0.717, 1.165) is 19.4 Å². The molecule has 1 aromatic rings. The van der Waals surface area contributed by atoms with E-state index in [1.54, 1.807) is 6.07 Å². The minimum Gasteiger partial charge on any atom is -0.487 e. The molecule has 1 atom stereocenters. The van der Waals surface area contributed by atoms with Crippen molar-refractivity contribution in [3.05, 3.63) is 16.4 Å². The summed E-state index contributed by atoms with van der Waals surface area (Å²) >= 11 is 11.5. The average Bonchev–Trinajstić information content (AvgIpc) is 2.72.